The molecule has 14 nitrogen and oxygen atoms in total. The molecule has 2 amide bonds. The fourth-order valence-electron chi connectivity index (χ4n) is 8.69. The highest BCUT2D eigenvalue weighted by Crippen LogP contribution is 2.30. The lowest BCUT2D eigenvalue weighted by atomic mass is 9.88. The Morgan fingerprint density at radius 1 is 0.925 bits per heavy atom. The molecule has 0 saturated carbocycles. The van der Waals surface area contributed by atoms with Crippen LogP contribution in [0.2, 0.25) is 5.02 Å². The second-order valence-electron chi connectivity index (χ2n) is 17.6. The van der Waals surface area contributed by atoms with Crippen molar-refractivity contribution in [1.82, 2.24) is 34.6 Å². The first-order valence-electron chi connectivity index (χ1n) is 22.9. The van der Waals surface area contributed by atoms with Crippen LogP contribution in [0.15, 0.2) is 108 Å². The van der Waals surface area contributed by atoms with Crippen molar-refractivity contribution in [2.75, 3.05) is 71.8 Å². The number of halogens is 1. The normalized spacial score (nSPS) is 15.6. The predicted molar refractivity (Wildman–Crippen MR) is 263 cm³/mol. The molecule has 4 aromatic carbocycles. The van der Waals surface area contributed by atoms with E-state index in [1.807, 2.05) is 36.2 Å². The number of hydrogen-bond acceptors (Lipinski definition) is 11. The second kappa shape index (κ2) is 22.9. The summed E-state index contributed by atoms with van der Waals surface area (Å²) < 4.78 is 1.46. The molecule has 0 radical (unpaired) electrons. The van der Waals surface area contributed by atoms with Gasteiger partial charge in [0.1, 0.15) is 6.29 Å². The van der Waals surface area contributed by atoms with Crippen LogP contribution in [-0.4, -0.2) is 124 Å². The van der Waals surface area contributed by atoms with Crippen molar-refractivity contribution in [2.24, 2.45) is 5.92 Å². The molecule has 3 N–H and O–H groups in total. The van der Waals surface area contributed by atoms with Crippen molar-refractivity contribution in [1.29, 1.82) is 5.26 Å². The van der Waals surface area contributed by atoms with Crippen LogP contribution in [0.4, 0.5) is 5.69 Å². The van der Waals surface area contributed by atoms with Gasteiger partial charge in [-0.3, -0.25) is 23.7 Å². The van der Waals surface area contributed by atoms with Gasteiger partial charge in [0.2, 0.25) is 11.8 Å². The number of rotatable bonds is 15. The van der Waals surface area contributed by atoms with Crippen LogP contribution in [0.3, 0.4) is 0 Å². The average Bonchev–Trinajstić information content (AvgIpc) is 3.34. The number of amides is 2. The van der Waals surface area contributed by atoms with Crippen molar-refractivity contribution in [2.45, 2.75) is 50.7 Å². The first-order chi connectivity index (χ1) is 32.4. The molecule has 348 valence electrons. The smallest absolute Gasteiger partial charge is 0.261 e. The maximum atomic E-state index is 13.6. The zero-order chi connectivity index (χ0) is 47.3. The molecule has 0 spiro atoms. The number of fused-ring (bicyclic) bond motifs is 2. The lowest BCUT2D eigenvalue weighted by molar-refractivity contribution is -0.140. The third-order valence-corrected chi connectivity index (χ3v) is 13.0. The van der Waals surface area contributed by atoms with E-state index in [4.69, 9.17) is 16.9 Å². The van der Waals surface area contributed by atoms with E-state index in [0.717, 1.165) is 74.9 Å². The van der Waals surface area contributed by atoms with Crippen LogP contribution in [0.25, 0.3) is 33.1 Å². The number of piperidine rings is 1. The number of likely N-dealkylation sites (N-methyl/N-ethyl adjacent to an activating group) is 1. The minimum absolute atomic E-state index is 0.0666. The zero-order valence-corrected chi connectivity index (χ0v) is 38.9. The van der Waals surface area contributed by atoms with Gasteiger partial charge < -0.3 is 30.4 Å². The van der Waals surface area contributed by atoms with Gasteiger partial charge in [-0.05, 0) is 101 Å². The molecule has 8 rings (SSSR count). The number of nitriles is 1. The van der Waals surface area contributed by atoms with Crippen LogP contribution in [-0.2, 0) is 22.6 Å². The molecule has 2 aromatic heterocycles. The summed E-state index contributed by atoms with van der Waals surface area (Å²) in [7, 11) is 4.03. The maximum absolute atomic E-state index is 13.6. The number of carbonyl (C=O) groups is 3. The van der Waals surface area contributed by atoms with Crippen LogP contribution >= 0.6 is 11.6 Å². The third-order valence-electron chi connectivity index (χ3n) is 12.7. The van der Waals surface area contributed by atoms with Gasteiger partial charge in [0.15, 0.2) is 0 Å². The van der Waals surface area contributed by atoms with Crippen LogP contribution in [0, 0.1) is 17.2 Å². The molecule has 4 heterocycles. The Morgan fingerprint density at radius 3 is 2.42 bits per heavy atom. The largest absolute Gasteiger partial charge is 0.388 e. The maximum Gasteiger partial charge on any atom is 0.261 e. The molecule has 0 bridgehead atoms. The molecule has 1 atom stereocenters. The number of nitrogens with one attached hydrogen (secondary N) is 2. The van der Waals surface area contributed by atoms with Crippen molar-refractivity contribution < 1.29 is 19.5 Å². The summed E-state index contributed by atoms with van der Waals surface area (Å²) >= 11 is 6.29. The molecular weight excluding hydrogens is 866 g/mol. The standard InChI is InChI=1S/C35H49N7O4.C17H9ClN2O/c1-36-15-6-9-28(23-27-7-4-3-5-8-27)33(44)41-17-13-35(46,14-18-41)25-42-26-37-31-24-29(10-11-30(31)34(42)45)38-32(43)12-16-40-21-19-39(2)20-22-40;18-15-8-16(13-3-1-2-11(6-13)9-19)20-17-7-12(10-21)4-5-14(15)17/h3-5,7-8,10-11,24,26,28,36,46H,6,9,12-23,25H2,1-2H3,(H,38,43);1-8,10H. The van der Waals surface area contributed by atoms with E-state index in [1.54, 1.807) is 60.7 Å². The molecule has 2 fully saturated rings. The third kappa shape index (κ3) is 13.0. The monoisotopic (exact) mass is 923 g/mol. The number of piperazine rings is 1. The first-order valence-corrected chi connectivity index (χ1v) is 23.3. The van der Waals surface area contributed by atoms with E-state index in [9.17, 15) is 24.3 Å². The Labute approximate surface area is 396 Å². The van der Waals surface area contributed by atoms with Gasteiger partial charge in [0.25, 0.3) is 5.56 Å². The fourth-order valence-corrected chi connectivity index (χ4v) is 8.95. The predicted octanol–water partition coefficient (Wildman–Crippen LogP) is 6.42. The molecule has 15 heteroatoms. The van der Waals surface area contributed by atoms with Gasteiger partial charge >= 0.3 is 0 Å². The van der Waals surface area contributed by atoms with E-state index in [1.165, 1.54) is 10.9 Å². The van der Waals surface area contributed by atoms with E-state index >= 15 is 0 Å². The number of anilines is 1. The van der Waals surface area contributed by atoms with Gasteiger partial charge in [-0.25, -0.2) is 9.97 Å². The summed E-state index contributed by atoms with van der Waals surface area (Å²) in [6.45, 7) is 6.53. The van der Waals surface area contributed by atoms with Crippen molar-refractivity contribution in [3.63, 3.8) is 0 Å². The van der Waals surface area contributed by atoms with Crippen molar-refractivity contribution in [3.05, 3.63) is 135 Å². The van der Waals surface area contributed by atoms with Gasteiger partial charge in [0, 0.05) is 80.4 Å². The molecular formula is C52H58ClN9O5. The Kier molecular flexibility index (Phi) is 16.6. The van der Waals surface area contributed by atoms with E-state index in [-0.39, 0.29) is 29.8 Å². The molecule has 6 aromatic rings. The van der Waals surface area contributed by atoms with Crippen LogP contribution < -0.4 is 16.2 Å². The fraction of sp³-hybridized carbons (Fsp3) is 0.365. The SMILES string of the molecule is CNCCCC(Cc1ccccc1)C(=O)N1CCC(O)(Cn2cnc3cc(NC(=O)CCN4CCN(C)CC4)ccc3c2=O)CC1.N#Cc1cccc(-c2cc(Cl)c3ccc(C=O)cc3n2)c1. The Bertz CT molecular complexity index is 2780. The summed E-state index contributed by atoms with van der Waals surface area (Å²) in [5.74, 6) is -0.0438. The van der Waals surface area contributed by atoms with E-state index < -0.39 is 5.60 Å². The molecule has 2 aliphatic heterocycles. The number of carbonyl (C=O) groups excluding carboxylic acids is 3. The highest BCUT2D eigenvalue weighted by atomic mass is 35.5. The molecule has 2 saturated heterocycles. The van der Waals surface area contributed by atoms with Crippen molar-refractivity contribution in [3.8, 4) is 17.3 Å². The summed E-state index contributed by atoms with van der Waals surface area (Å²) in [6.07, 6.45) is 5.84. The number of likely N-dealkylation sites (tertiary alicyclic amines) is 1. The Morgan fingerprint density at radius 2 is 1.69 bits per heavy atom. The highest BCUT2D eigenvalue weighted by molar-refractivity contribution is 6.35. The quantitative estimate of drug-likeness (QED) is 0.0765. The number of aliphatic hydroxyl groups is 1. The molecule has 2 aliphatic rings. The highest BCUT2D eigenvalue weighted by Gasteiger charge is 2.36. The van der Waals surface area contributed by atoms with E-state index in [0.29, 0.717) is 82.7 Å². The number of aromatic nitrogens is 3. The van der Waals surface area contributed by atoms with Gasteiger partial charge in [-0.2, -0.15) is 5.26 Å². The summed E-state index contributed by atoms with van der Waals surface area (Å²) in [6, 6.07) is 31.5. The number of hydrogen-bond donors (Lipinski definition) is 3. The van der Waals surface area contributed by atoms with Gasteiger partial charge in [-0.15, -0.1) is 0 Å². The minimum atomic E-state index is -1.12. The topological polar surface area (TPSA) is 177 Å². The first kappa shape index (κ1) is 48.6. The van der Waals surface area contributed by atoms with Gasteiger partial charge in [0.05, 0.1) is 57.2 Å². The van der Waals surface area contributed by atoms with Crippen LogP contribution in [0.5, 0.6) is 0 Å². The Hall–Kier alpha value is -6.34. The lowest BCUT2D eigenvalue weighted by Gasteiger charge is -2.39. The second-order valence-corrected chi connectivity index (χ2v) is 18.0. The molecule has 0 aliphatic carbocycles. The van der Waals surface area contributed by atoms with E-state index in [2.05, 4.69) is 55.7 Å². The van der Waals surface area contributed by atoms with Crippen molar-refractivity contribution >= 4 is 57.2 Å². The number of benzene rings is 4. The number of nitrogens with zero attached hydrogens (tertiary/aromatic N) is 7. The zero-order valence-electron chi connectivity index (χ0n) is 38.2. The summed E-state index contributed by atoms with van der Waals surface area (Å²) in [4.78, 5) is 66.0. The average molecular weight is 925 g/mol. The van der Waals surface area contributed by atoms with Gasteiger partial charge in [-0.1, -0.05) is 66.2 Å². The summed E-state index contributed by atoms with van der Waals surface area (Å²) in [5.41, 5.74) is 4.15. The minimum Gasteiger partial charge on any atom is -0.388 e. The summed E-state index contributed by atoms with van der Waals surface area (Å²) in [5, 5.41) is 28.3. The Balaban J connectivity index is 0.000000263. The molecule has 67 heavy (non-hydrogen) atoms. The number of pyridine rings is 1. The number of aldehydes is 1. The lowest BCUT2D eigenvalue weighted by Crippen LogP contribution is -2.51. The van der Waals surface area contributed by atoms with Crippen LogP contribution in [0.1, 0.15) is 53.6 Å². The molecule has 1 unspecified atom stereocenters.